The molecule has 2 aromatic rings. The minimum atomic E-state index is 0.0741. The molecule has 28 heavy (non-hydrogen) atoms. The van der Waals surface area contributed by atoms with Crippen molar-refractivity contribution in [1.82, 2.24) is 9.80 Å². The fraction of sp³-hybridized carbons (Fsp3) is 0.500. The number of amides is 1. The number of hydrogen-bond donors (Lipinski definition) is 0. The van der Waals surface area contributed by atoms with E-state index >= 15 is 0 Å². The molecule has 0 bridgehead atoms. The molecule has 1 amide bonds. The number of piperidine rings is 1. The lowest BCUT2D eigenvalue weighted by atomic mass is 10.1. The van der Waals surface area contributed by atoms with Crippen LogP contribution < -0.4 is 9.47 Å². The van der Waals surface area contributed by atoms with E-state index in [9.17, 15) is 4.79 Å². The van der Waals surface area contributed by atoms with Crippen molar-refractivity contribution < 1.29 is 14.3 Å². The van der Waals surface area contributed by atoms with Gasteiger partial charge in [0.2, 0.25) is 0 Å². The van der Waals surface area contributed by atoms with E-state index in [1.54, 1.807) is 18.4 Å². The lowest BCUT2D eigenvalue weighted by Crippen LogP contribution is -2.38. The number of benzene rings is 1. The Kier molecular flexibility index (Phi) is 6.17. The van der Waals surface area contributed by atoms with Crippen molar-refractivity contribution in [3.63, 3.8) is 0 Å². The summed E-state index contributed by atoms with van der Waals surface area (Å²) in [4.78, 5) is 17.3. The summed E-state index contributed by atoms with van der Waals surface area (Å²) in [7, 11) is 1.64. The Morgan fingerprint density at radius 2 is 1.93 bits per heavy atom. The van der Waals surface area contributed by atoms with Gasteiger partial charge in [-0.2, -0.15) is 11.3 Å². The van der Waals surface area contributed by atoms with Crippen LogP contribution in [0.2, 0.25) is 0 Å². The van der Waals surface area contributed by atoms with Crippen molar-refractivity contribution in [2.45, 2.75) is 38.3 Å². The van der Waals surface area contributed by atoms with E-state index in [4.69, 9.17) is 9.47 Å². The van der Waals surface area contributed by atoms with Crippen molar-refractivity contribution in [2.75, 3.05) is 33.3 Å². The third kappa shape index (κ3) is 4.50. The molecular weight excluding hydrogens is 372 g/mol. The summed E-state index contributed by atoms with van der Waals surface area (Å²) in [5, 5.41) is 4.35. The lowest BCUT2D eigenvalue weighted by molar-refractivity contribution is 0.0764. The second kappa shape index (κ2) is 8.97. The predicted molar refractivity (Wildman–Crippen MR) is 111 cm³/mol. The van der Waals surface area contributed by atoms with Gasteiger partial charge in [0.15, 0.2) is 0 Å². The molecule has 6 heteroatoms. The van der Waals surface area contributed by atoms with Gasteiger partial charge >= 0.3 is 0 Å². The first-order valence-corrected chi connectivity index (χ1v) is 11.0. The molecule has 0 atom stereocenters. The molecule has 2 aliphatic heterocycles. The van der Waals surface area contributed by atoms with Gasteiger partial charge in [-0.15, -0.1) is 0 Å². The van der Waals surface area contributed by atoms with E-state index < -0.39 is 0 Å². The average molecular weight is 401 g/mol. The van der Waals surface area contributed by atoms with Gasteiger partial charge in [-0.3, -0.25) is 9.69 Å². The molecule has 3 heterocycles. The van der Waals surface area contributed by atoms with E-state index in [1.165, 1.54) is 5.56 Å². The Labute approximate surface area is 170 Å². The molecule has 0 unspecified atom stereocenters. The van der Waals surface area contributed by atoms with Crippen molar-refractivity contribution in [3.05, 3.63) is 46.2 Å². The van der Waals surface area contributed by atoms with Crippen LogP contribution in [0.1, 0.15) is 41.6 Å². The standard InChI is InChI=1S/C22H28N2O3S/c1-26-19-4-5-20(22(25)24-9-2-3-10-24)21(14-19)27-18-6-11-23(12-7-18)15-17-8-13-28-16-17/h4-5,8,13-14,16,18H,2-3,6-7,9-12,15H2,1H3. The molecule has 1 aromatic carbocycles. The smallest absolute Gasteiger partial charge is 0.257 e. The predicted octanol–water partition coefficient (Wildman–Crippen LogP) is 4.04. The van der Waals surface area contributed by atoms with Crippen LogP contribution in [0.4, 0.5) is 0 Å². The number of ether oxygens (including phenoxy) is 2. The SMILES string of the molecule is COc1ccc(C(=O)N2CCCC2)c(OC2CCN(Cc3ccsc3)CC2)c1. The number of rotatable bonds is 6. The van der Waals surface area contributed by atoms with Gasteiger partial charge in [-0.25, -0.2) is 0 Å². The van der Waals surface area contributed by atoms with Crippen molar-refractivity contribution in [3.8, 4) is 11.5 Å². The van der Waals surface area contributed by atoms with Crippen molar-refractivity contribution in [2.24, 2.45) is 0 Å². The monoisotopic (exact) mass is 400 g/mol. The summed E-state index contributed by atoms with van der Waals surface area (Å²) in [6, 6.07) is 7.75. The summed E-state index contributed by atoms with van der Waals surface area (Å²) >= 11 is 1.75. The minimum Gasteiger partial charge on any atom is -0.497 e. The molecule has 0 spiro atoms. The van der Waals surface area contributed by atoms with E-state index in [0.717, 1.165) is 64.2 Å². The van der Waals surface area contributed by atoms with E-state index in [2.05, 4.69) is 21.7 Å². The molecule has 2 saturated heterocycles. The maximum absolute atomic E-state index is 12.9. The maximum Gasteiger partial charge on any atom is 0.257 e. The number of methoxy groups -OCH3 is 1. The summed E-state index contributed by atoms with van der Waals surface area (Å²) in [5.74, 6) is 1.46. The van der Waals surface area contributed by atoms with Crippen LogP contribution >= 0.6 is 11.3 Å². The summed E-state index contributed by atoms with van der Waals surface area (Å²) in [6.07, 6.45) is 4.25. The number of hydrogen-bond acceptors (Lipinski definition) is 5. The average Bonchev–Trinajstić information content (AvgIpc) is 3.43. The Morgan fingerprint density at radius 3 is 2.61 bits per heavy atom. The van der Waals surface area contributed by atoms with E-state index in [1.807, 2.05) is 23.1 Å². The van der Waals surface area contributed by atoms with Crippen molar-refractivity contribution in [1.29, 1.82) is 0 Å². The second-order valence-electron chi connectivity index (χ2n) is 7.59. The molecule has 150 valence electrons. The van der Waals surface area contributed by atoms with Crippen LogP contribution in [0.25, 0.3) is 0 Å². The summed E-state index contributed by atoms with van der Waals surface area (Å²) in [5.41, 5.74) is 2.04. The van der Waals surface area contributed by atoms with Gasteiger partial charge in [0.05, 0.1) is 12.7 Å². The molecule has 0 aliphatic carbocycles. The van der Waals surface area contributed by atoms with Gasteiger partial charge in [0.1, 0.15) is 17.6 Å². The maximum atomic E-state index is 12.9. The lowest BCUT2D eigenvalue weighted by Gasteiger charge is -2.32. The largest absolute Gasteiger partial charge is 0.497 e. The van der Waals surface area contributed by atoms with Gasteiger partial charge in [-0.1, -0.05) is 0 Å². The van der Waals surface area contributed by atoms with Crippen LogP contribution in [0.3, 0.4) is 0 Å². The molecule has 0 radical (unpaired) electrons. The molecule has 2 fully saturated rings. The highest BCUT2D eigenvalue weighted by molar-refractivity contribution is 7.07. The van der Waals surface area contributed by atoms with E-state index in [0.29, 0.717) is 11.3 Å². The Bertz CT molecular complexity index is 779. The van der Waals surface area contributed by atoms with Crippen LogP contribution in [0, 0.1) is 0 Å². The van der Waals surface area contributed by atoms with Crippen LogP contribution in [-0.4, -0.2) is 55.1 Å². The van der Waals surface area contributed by atoms with Crippen molar-refractivity contribution >= 4 is 17.2 Å². The zero-order chi connectivity index (χ0) is 19.3. The van der Waals surface area contributed by atoms with Gasteiger partial charge in [0.25, 0.3) is 5.91 Å². The summed E-state index contributed by atoms with van der Waals surface area (Å²) in [6.45, 7) is 4.71. The highest BCUT2D eigenvalue weighted by atomic mass is 32.1. The summed E-state index contributed by atoms with van der Waals surface area (Å²) < 4.78 is 11.7. The third-order valence-corrected chi connectivity index (χ3v) is 6.36. The molecule has 1 aromatic heterocycles. The second-order valence-corrected chi connectivity index (χ2v) is 8.37. The normalized spacial score (nSPS) is 18.4. The van der Waals surface area contributed by atoms with Crippen LogP contribution in [0.5, 0.6) is 11.5 Å². The topological polar surface area (TPSA) is 42.0 Å². The van der Waals surface area contributed by atoms with Gasteiger partial charge in [0, 0.05) is 38.8 Å². The first-order valence-electron chi connectivity index (χ1n) is 10.1. The first kappa shape index (κ1) is 19.3. The number of carbonyl (C=O) groups excluding carboxylic acids is 1. The minimum absolute atomic E-state index is 0.0741. The fourth-order valence-corrected chi connectivity index (χ4v) is 4.66. The fourth-order valence-electron chi connectivity index (χ4n) is 4.00. The molecule has 2 aliphatic rings. The molecular formula is C22H28N2O3S. The Hall–Kier alpha value is -2.05. The number of nitrogens with zero attached hydrogens (tertiary/aromatic N) is 2. The number of thiophene rings is 1. The zero-order valence-electron chi connectivity index (χ0n) is 16.4. The van der Waals surface area contributed by atoms with Crippen LogP contribution in [-0.2, 0) is 6.54 Å². The Balaban J connectivity index is 1.41. The highest BCUT2D eigenvalue weighted by Crippen LogP contribution is 2.30. The molecule has 5 nitrogen and oxygen atoms in total. The van der Waals surface area contributed by atoms with Gasteiger partial charge in [-0.05, 0) is 60.2 Å². The molecule has 4 rings (SSSR count). The molecule has 0 N–H and O–H groups in total. The van der Waals surface area contributed by atoms with Gasteiger partial charge < -0.3 is 14.4 Å². The Morgan fingerprint density at radius 1 is 1.14 bits per heavy atom. The number of carbonyl (C=O) groups is 1. The van der Waals surface area contributed by atoms with Crippen LogP contribution in [0.15, 0.2) is 35.0 Å². The quantitative estimate of drug-likeness (QED) is 0.734. The first-order chi connectivity index (χ1) is 13.7. The highest BCUT2D eigenvalue weighted by Gasteiger charge is 2.26. The van der Waals surface area contributed by atoms with E-state index in [-0.39, 0.29) is 12.0 Å². The third-order valence-electron chi connectivity index (χ3n) is 5.63. The zero-order valence-corrected chi connectivity index (χ0v) is 17.2. The molecule has 0 saturated carbocycles. The number of likely N-dealkylation sites (tertiary alicyclic amines) is 2.